The summed E-state index contributed by atoms with van der Waals surface area (Å²) in [5.41, 5.74) is 6.68. The second kappa shape index (κ2) is 8.98. The molecule has 1 aliphatic heterocycles. The lowest BCUT2D eigenvalue weighted by Gasteiger charge is -2.39. The molecule has 3 amide bonds. The second-order valence-corrected chi connectivity index (χ2v) is 10.7. The van der Waals surface area contributed by atoms with E-state index in [0.717, 1.165) is 16.7 Å². The van der Waals surface area contributed by atoms with Crippen molar-refractivity contribution in [2.75, 3.05) is 6.54 Å². The van der Waals surface area contributed by atoms with Crippen LogP contribution in [0.3, 0.4) is 0 Å². The van der Waals surface area contributed by atoms with Crippen LogP contribution in [0.25, 0.3) is 22.1 Å². The van der Waals surface area contributed by atoms with Gasteiger partial charge in [-0.2, -0.15) is 0 Å². The third kappa shape index (κ3) is 5.01. The molecule has 2 aliphatic carbocycles. The topological polar surface area (TPSA) is 139 Å². The van der Waals surface area contributed by atoms with Crippen molar-refractivity contribution in [2.24, 2.45) is 10.7 Å². The molecule has 0 unspecified atom stereocenters. The molecule has 3 aliphatic rings. The number of amides is 3. The molecule has 2 aromatic carbocycles. The molecule has 3 aromatic rings. The van der Waals surface area contributed by atoms with Crippen LogP contribution in [0.5, 0.6) is 0 Å². The van der Waals surface area contributed by atoms with E-state index in [1.807, 2.05) is 36.4 Å². The van der Waals surface area contributed by atoms with Gasteiger partial charge in [0.2, 0.25) is 17.7 Å². The Labute approximate surface area is 222 Å². The number of amidine groups is 1. The maximum Gasteiger partial charge on any atom is 0.287 e. The molecule has 6 rings (SSSR count). The Hall–Kier alpha value is -4.12. The standard InChI is InChI=1S/C28H27F2N5O4/c29-27(30)9-7-26(8-10-27,25(38)35-28(31)11-12-28)34-24(37)21-14-19-6-5-18(13-20(19)39-21)16-1-3-17(4-2-16)23-32-15-22(36)33-23/h1-6,13-14H,7-12,15,31H2,(H,34,37)(H,35,38)(H,32,33,36). The van der Waals surface area contributed by atoms with E-state index in [-0.39, 0.29) is 31.1 Å². The molecule has 9 nitrogen and oxygen atoms in total. The van der Waals surface area contributed by atoms with Crippen LogP contribution in [0.4, 0.5) is 8.78 Å². The Morgan fingerprint density at radius 1 is 0.897 bits per heavy atom. The van der Waals surface area contributed by atoms with Crippen molar-refractivity contribution in [1.82, 2.24) is 16.0 Å². The molecule has 2 saturated carbocycles. The lowest BCUT2D eigenvalue weighted by atomic mass is 9.78. The third-order valence-corrected chi connectivity index (χ3v) is 7.65. The number of halogens is 2. The van der Waals surface area contributed by atoms with Crippen LogP contribution in [0.15, 0.2) is 57.9 Å². The highest BCUT2D eigenvalue weighted by molar-refractivity contribution is 6.12. The van der Waals surface area contributed by atoms with Gasteiger partial charge in [-0.05, 0) is 48.9 Å². The molecule has 0 spiro atoms. The van der Waals surface area contributed by atoms with Gasteiger partial charge in [-0.25, -0.2) is 8.78 Å². The predicted octanol–water partition coefficient (Wildman–Crippen LogP) is 3.22. The number of rotatable bonds is 6. The van der Waals surface area contributed by atoms with E-state index in [9.17, 15) is 23.2 Å². The summed E-state index contributed by atoms with van der Waals surface area (Å²) in [6, 6.07) is 14.6. The number of aliphatic imine (C=N–C) groups is 1. The fourth-order valence-corrected chi connectivity index (χ4v) is 5.00. The van der Waals surface area contributed by atoms with Gasteiger partial charge in [0.25, 0.3) is 5.91 Å². The third-order valence-electron chi connectivity index (χ3n) is 7.65. The van der Waals surface area contributed by atoms with Gasteiger partial charge in [-0.3, -0.25) is 19.4 Å². The number of carbonyl (C=O) groups is 3. The largest absolute Gasteiger partial charge is 0.451 e. The summed E-state index contributed by atoms with van der Waals surface area (Å²) in [6.45, 7) is 0.119. The van der Waals surface area contributed by atoms with Crippen LogP contribution in [-0.4, -0.2) is 47.2 Å². The molecule has 202 valence electrons. The number of alkyl halides is 2. The zero-order valence-corrected chi connectivity index (χ0v) is 21.0. The molecular weight excluding hydrogens is 508 g/mol. The van der Waals surface area contributed by atoms with E-state index >= 15 is 0 Å². The minimum absolute atomic E-state index is 0.0223. The first-order valence-electron chi connectivity index (χ1n) is 12.8. The molecule has 0 atom stereocenters. The van der Waals surface area contributed by atoms with Gasteiger partial charge in [-0.15, -0.1) is 0 Å². The SMILES string of the molecule is NC1(NC(=O)C2(NC(=O)c3cc4ccc(-c5ccc(C6=NCC(=O)N6)cc5)cc4o3)CCC(F)(F)CC2)CC1. The molecule has 2 heterocycles. The van der Waals surface area contributed by atoms with E-state index in [4.69, 9.17) is 10.2 Å². The number of benzene rings is 2. The Morgan fingerprint density at radius 2 is 1.56 bits per heavy atom. The van der Waals surface area contributed by atoms with Crippen molar-refractivity contribution in [3.63, 3.8) is 0 Å². The molecular formula is C28H27F2N5O4. The van der Waals surface area contributed by atoms with Gasteiger partial charge in [-0.1, -0.05) is 36.4 Å². The lowest BCUT2D eigenvalue weighted by Crippen LogP contribution is -2.64. The fourth-order valence-electron chi connectivity index (χ4n) is 5.00. The Bertz CT molecular complexity index is 1510. The first-order chi connectivity index (χ1) is 18.5. The normalized spacial score (nSPS) is 20.7. The molecule has 39 heavy (non-hydrogen) atoms. The Morgan fingerprint density at radius 3 is 2.21 bits per heavy atom. The van der Waals surface area contributed by atoms with Gasteiger partial charge < -0.3 is 26.1 Å². The van der Waals surface area contributed by atoms with Crippen molar-refractivity contribution in [3.8, 4) is 11.1 Å². The first-order valence-corrected chi connectivity index (χ1v) is 12.8. The number of hydrogen-bond donors (Lipinski definition) is 4. The summed E-state index contributed by atoms with van der Waals surface area (Å²) >= 11 is 0. The highest BCUT2D eigenvalue weighted by Gasteiger charge is 2.52. The van der Waals surface area contributed by atoms with Gasteiger partial charge in [0.1, 0.15) is 23.5 Å². The zero-order chi connectivity index (χ0) is 27.4. The maximum absolute atomic E-state index is 13.9. The van der Waals surface area contributed by atoms with Crippen molar-refractivity contribution in [3.05, 3.63) is 59.9 Å². The maximum atomic E-state index is 13.9. The van der Waals surface area contributed by atoms with E-state index in [1.165, 1.54) is 0 Å². The van der Waals surface area contributed by atoms with Crippen molar-refractivity contribution >= 4 is 34.5 Å². The number of carbonyl (C=O) groups excluding carboxylic acids is 3. The predicted molar refractivity (Wildman–Crippen MR) is 139 cm³/mol. The van der Waals surface area contributed by atoms with E-state index in [1.54, 1.807) is 12.1 Å². The molecule has 0 radical (unpaired) electrons. The fraction of sp³-hybridized carbons (Fsp3) is 0.357. The monoisotopic (exact) mass is 535 g/mol. The van der Waals surface area contributed by atoms with Gasteiger partial charge >= 0.3 is 0 Å². The van der Waals surface area contributed by atoms with Crippen LogP contribution in [0.1, 0.15) is 54.6 Å². The van der Waals surface area contributed by atoms with Crippen LogP contribution in [0, 0.1) is 0 Å². The number of nitrogens with one attached hydrogen (secondary N) is 3. The summed E-state index contributed by atoms with van der Waals surface area (Å²) in [4.78, 5) is 42.0. The second-order valence-electron chi connectivity index (χ2n) is 10.7. The van der Waals surface area contributed by atoms with Crippen LogP contribution in [0.2, 0.25) is 0 Å². The van der Waals surface area contributed by atoms with Gasteiger partial charge in [0.15, 0.2) is 5.76 Å². The first kappa shape index (κ1) is 25.2. The van der Waals surface area contributed by atoms with E-state index < -0.39 is 41.8 Å². The van der Waals surface area contributed by atoms with Gasteiger partial charge in [0.05, 0.1) is 5.66 Å². The minimum Gasteiger partial charge on any atom is -0.451 e. The zero-order valence-electron chi connectivity index (χ0n) is 21.0. The summed E-state index contributed by atoms with van der Waals surface area (Å²) in [5.74, 6) is -3.71. The number of nitrogens with two attached hydrogens (primary N) is 1. The molecule has 2 fully saturated rings. The van der Waals surface area contributed by atoms with Crippen molar-refractivity contribution in [2.45, 2.75) is 55.6 Å². The molecule has 11 heteroatoms. The average molecular weight is 536 g/mol. The number of hydrogen-bond acceptors (Lipinski definition) is 6. The summed E-state index contributed by atoms with van der Waals surface area (Å²) in [5, 5.41) is 8.82. The quantitative estimate of drug-likeness (QED) is 0.359. The van der Waals surface area contributed by atoms with Gasteiger partial charge in [0, 0.05) is 23.8 Å². The highest BCUT2D eigenvalue weighted by atomic mass is 19.3. The van der Waals surface area contributed by atoms with Crippen molar-refractivity contribution < 1.29 is 27.6 Å². The van der Waals surface area contributed by atoms with Crippen molar-refractivity contribution in [1.29, 1.82) is 0 Å². The summed E-state index contributed by atoms with van der Waals surface area (Å²) in [7, 11) is 0. The van der Waals surface area contributed by atoms with Crippen LogP contribution < -0.4 is 21.7 Å². The molecule has 0 bridgehead atoms. The molecule has 1 aromatic heterocycles. The summed E-state index contributed by atoms with van der Waals surface area (Å²) < 4.78 is 33.7. The highest BCUT2D eigenvalue weighted by Crippen LogP contribution is 2.40. The van der Waals surface area contributed by atoms with Crippen LogP contribution in [-0.2, 0) is 9.59 Å². The van der Waals surface area contributed by atoms with E-state index in [2.05, 4.69) is 20.9 Å². The number of nitrogens with zero attached hydrogens (tertiary/aromatic N) is 1. The Kier molecular flexibility index (Phi) is 5.79. The number of fused-ring (bicyclic) bond motifs is 1. The molecule has 0 saturated heterocycles. The number of furan rings is 1. The molecule has 5 N–H and O–H groups in total. The summed E-state index contributed by atoms with van der Waals surface area (Å²) in [6.07, 6.45) is -0.244. The van der Waals surface area contributed by atoms with Crippen LogP contribution >= 0.6 is 0 Å². The Balaban J connectivity index is 1.22. The minimum atomic E-state index is -2.89. The smallest absolute Gasteiger partial charge is 0.287 e. The lowest BCUT2D eigenvalue weighted by molar-refractivity contribution is -0.134. The average Bonchev–Trinajstić information content (AvgIpc) is 3.27. The van der Waals surface area contributed by atoms with E-state index in [0.29, 0.717) is 29.6 Å².